The predicted molar refractivity (Wildman–Crippen MR) is 155 cm³/mol. The lowest BCUT2D eigenvalue weighted by atomic mass is 10.2. The molecule has 1 fully saturated rings. The highest BCUT2D eigenvalue weighted by atomic mass is 35.5. The van der Waals surface area contributed by atoms with E-state index in [1.54, 1.807) is 34.0 Å². The Kier molecular flexibility index (Phi) is 5.92. The predicted octanol–water partition coefficient (Wildman–Crippen LogP) is 7.51. The number of aromatic nitrogens is 2. The molecule has 2 aromatic heterocycles. The van der Waals surface area contributed by atoms with Crippen molar-refractivity contribution in [3.05, 3.63) is 111 Å². The Bertz CT molecular complexity index is 1700. The van der Waals surface area contributed by atoms with Crippen molar-refractivity contribution >= 4 is 75.2 Å². The third-order valence-electron chi connectivity index (χ3n) is 5.98. The van der Waals surface area contributed by atoms with Crippen LogP contribution in [-0.2, 0) is 4.74 Å². The number of para-hydroxylation sites is 1. The van der Waals surface area contributed by atoms with Crippen molar-refractivity contribution in [3.8, 4) is 17.0 Å². The molecule has 4 aromatic rings. The number of rotatable bonds is 4. The molecule has 0 bridgehead atoms. The zero-order valence-corrected chi connectivity index (χ0v) is 22.2. The summed E-state index contributed by atoms with van der Waals surface area (Å²) in [6.45, 7) is 8.00. The minimum atomic E-state index is -0.650. The van der Waals surface area contributed by atoms with Crippen LogP contribution < -0.4 is 10.5 Å². The van der Waals surface area contributed by atoms with Crippen LogP contribution in [0.4, 0.5) is 5.69 Å². The SMILES string of the molecule is C=Cn1c2c(c(=O)n1-c1ccccc1)N1C(=S)S/C(=C\c3ccc(-c4ccc(Cl)cc4Cl)o3)C1OC2=C. The molecule has 184 valence electrons. The summed E-state index contributed by atoms with van der Waals surface area (Å²) < 4.78 is 15.9. The Morgan fingerprint density at radius 3 is 2.59 bits per heavy atom. The zero-order chi connectivity index (χ0) is 25.8. The molecule has 0 amide bonds. The Morgan fingerprint density at radius 1 is 1.08 bits per heavy atom. The number of nitrogens with zero attached hydrogens (tertiary/aromatic N) is 3. The first kappa shape index (κ1) is 23.9. The van der Waals surface area contributed by atoms with E-state index in [2.05, 4.69) is 13.2 Å². The summed E-state index contributed by atoms with van der Waals surface area (Å²) in [5, 5.41) is 1.04. The Morgan fingerprint density at radius 2 is 1.86 bits per heavy atom. The van der Waals surface area contributed by atoms with Crippen LogP contribution in [0.25, 0.3) is 35.0 Å². The van der Waals surface area contributed by atoms with Crippen LogP contribution in [0.3, 0.4) is 0 Å². The van der Waals surface area contributed by atoms with E-state index in [0.29, 0.717) is 48.7 Å². The third-order valence-corrected chi connectivity index (χ3v) is 7.91. The van der Waals surface area contributed by atoms with Crippen molar-refractivity contribution in [2.75, 3.05) is 4.90 Å². The Balaban J connectivity index is 1.41. The summed E-state index contributed by atoms with van der Waals surface area (Å²) in [5.74, 6) is 1.52. The number of thiocarbonyl (C=S) groups is 1. The van der Waals surface area contributed by atoms with Crippen LogP contribution in [0, 0.1) is 0 Å². The number of hydrogen-bond acceptors (Lipinski definition) is 5. The molecule has 1 saturated heterocycles. The quantitative estimate of drug-likeness (QED) is 0.238. The topological polar surface area (TPSA) is 52.5 Å². The third kappa shape index (κ3) is 3.88. The number of ether oxygens (including phenoxy) is 1. The molecule has 4 heterocycles. The van der Waals surface area contributed by atoms with E-state index in [0.717, 1.165) is 10.5 Å². The first-order chi connectivity index (χ1) is 17.9. The summed E-state index contributed by atoms with van der Waals surface area (Å²) in [5.41, 5.74) is 2.05. The van der Waals surface area contributed by atoms with Crippen molar-refractivity contribution in [1.82, 2.24) is 9.36 Å². The number of thioether (sulfide) groups is 1. The van der Waals surface area contributed by atoms with Crippen LogP contribution in [0.15, 0.2) is 87.9 Å². The van der Waals surface area contributed by atoms with Gasteiger partial charge in [0.25, 0.3) is 5.56 Å². The van der Waals surface area contributed by atoms with Crippen LogP contribution >= 0.6 is 47.2 Å². The van der Waals surface area contributed by atoms with E-state index in [4.69, 9.17) is 44.6 Å². The van der Waals surface area contributed by atoms with E-state index >= 15 is 0 Å². The Hall–Kier alpha value is -3.43. The number of fused-ring (bicyclic) bond motifs is 3. The maximum absolute atomic E-state index is 13.7. The molecule has 37 heavy (non-hydrogen) atoms. The fourth-order valence-corrected chi connectivity index (χ4v) is 6.30. The molecule has 1 atom stereocenters. The first-order valence-electron chi connectivity index (χ1n) is 11.1. The first-order valence-corrected chi connectivity index (χ1v) is 13.0. The second-order valence-corrected chi connectivity index (χ2v) is 10.7. The van der Waals surface area contributed by atoms with Crippen LogP contribution in [0.1, 0.15) is 11.5 Å². The maximum Gasteiger partial charge on any atom is 0.296 e. The number of anilines is 1. The van der Waals surface area contributed by atoms with Gasteiger partial charge in [0, 0.05) is 16.8 Å². The zero-order valence-electron chi connectivity index (χ0n) is 19.1. The van der Waals surface area contributed by atoms with Crippen LogP contribution in [0.2, 0.25) is 10.0 Å². The molecular formula is C27H17Cl2N3O3S2. The van der Waals surface area contributed by atoms with Crippen molar-refractivity contribution < 1.29 is 9.15 Å². The lowest BCUT2D eigenvalue weighted by molar-refractivity contribution is 0.212. The molecule has 2 aliphatic rings. The summed E-state index contributed by atoms with van der Waals surface area (Å²) in [7, 11) is 0. The molecule has 1 unspecified atom stereocenters. The summed E-state index contributed by atoms with van der Waals surface area (Å²) in [6, 6.07) is 18.2. The standard InChI is InChI=1S/C27H17Cl2N3O3S2/c1-3-30-23-15(2)34-26-22(14-18-10-12-21(35-18)19-11-9-16(28)13-20(19)29)37-27(36)31(26)24(23)25(33)32(30)17-7-5-4-6-8-17/h3-14,26H,1-2H2/b22-14-. The van der Waals surface area contributed by atoms with Gasteiger partial charge in [0.05, 0.1) is 15.6 Å². The highest BCUT2D eigenvalue weighted by Crippen LogP contribution is 2.47. The van der Waals surface area contributed by atoms with Gasteiger partial charge in [-0.25, -0.2) is 9.36 Å². The molecule has 0 N–H and O–H groups in total. The van der Waals surface area contributed by atoms with Crippen molar-refractivity contribution in [3.63, 3.8) is 0 Å². The molecule has 6 rings (SSSR count). The largest absolute Gasteiger partial charge is 0.464 e. The molecule has 2 aliphatic heterocycles. The average Bonchev–Trinajstić information content (AvgIpc) is 3.54. The van der Waals surface area contributed by atoms with E-state index in [1.807, 2.05) is 48.5 Å². The summed E-state index contributed by atoms with van der Waals surface area (Å²) in [4.78, 5) is 16.2. The normalized spacial score (nSPS) is 17.6. The van der Waals surface area contributed by atoms with Crippen molar-refractivity contribution in [2.45, 2.75) is 6.23 Å². The van der Waals surface area contributed by atoms with Crippen molar-refractivity contribution in [1.29, 1.82) is 0 Å². The smallest absolute Gasteiger partial charge is 0.296 e. The van der Waals surface area contributed by atoms with Crippen LogP contribution in [-0.4, -0.2) is 19.9 Å². The van der Waals surface area contributed by atoms with Crippen LogP contribution in [0.5, 0.6) is 0 Å². The average molecular weight is 566 g/mol. The van der Waals surface area contributed by atoms with Gasteiger partial charge in [-0.3, -0.25) is 9.69 Å². The highest BCUT2D eigenvalue weighted by molar-refractivity contribution is 8.26. The van der Waals surface area contributed by atoms with Gasteiger partial charge in [-0.2, -0.15) is 0 Å². The highest BCUT2D eigenvalue weighted by Gasteiger charge is 2.45. The van der Waals surface area contributed by atoms with Crippen molar-refractivity contribution in [2.24, 2.45) is 0 Å². The number of hydrogen-bond donors (Lipinski definition) is 0. The fourth-order valence-electron chi connectivity index (χ4n) is 4.41. The minimum absolute atomic E-state index is 0.252. The lowest BCUT2D eigenvalue weighted by Gasteiger charge is -2.31. The summed E-state index contributed by atoms with van der Waals surface area (Å²) >= 11 is 19.4. The van der Waals surface area contributed by atoms with Gasteiger partial charge in [-0.1, -0.05) is 78.5 Å². The monoisotopic (exact) mass is 565 g/mol. The Labute approximate surface area is 231 Å². The molecule has 0 aliphatic carbocycles. The van der Waals surface area contributed by atoms with Gasteiger partial charge >= 0.3 is 0 Å². The summed E-state index contributed by atoms with van der Waals surface area (Å²) in [6.07, 6.45) is 2.74. The molecule has 10 heteroatoms. The second-order valence-electron chi connectivity index (χ2n) is 8.18. The number of furan rings is 1. The van der Waals surface area contributed by atoms with E-state index in [9.17, 15) is 4.79 Å². The number of halogens is 2. The van der Waals surface area contributed by atoms with Gasteiger partial charge in [0.1, 0.15) is 33.0 Å². The van der Waals surface area contributed by atoms with E-state index < -0.39 is 6.23 Å². The molecule has 0 spiro atoms. The van der Waals surface area contributed by atoms with Gasteiger partial charge in [0.2, 0.25) is 6.23 Å². The van der Waals surface area contributed by atoms with Gasteiger partial charge < -0.3 is 9.15 Å². The lowest BCUT2D eigenvalue weighted by Crippen LogP contribution is -2.40. The number of benzene rings is 2. The molecule has 6 nitrogen and oxygen atoms in total. The molecule has 2 aromatic carbocycles. The van der Waals surface area contributed by atoms with Gasteiger partial charge in [-0.05, 0) is 48.5 Å². The minimum Gasteiger partial charge on any atom is -0.464 e. The molecule has 0 saturated carbocycles. The molecule has 0 radical (unpaired) electrons. The van der Waals surface area contributed by atoms with E-state index in [1.165, 1.54) is 16.4 Å². The fraction of sp³-hybridized carbons (Fsp3) is 0.0370. The van der Waals surface area contributed by atoms with E-state index in [-0.39, 0.29) is 5.56 Å². The van der Waals surface area contributed by atoms with Gasteiger partial charge in [0.15, 0.2) is 0 Å². The maximum atomic E-state index is 13.7. The van der Waals surface area contributed by atoms with Gasteiger partial charge in [-0.15, -0.1) is 0 Å². The second kappa shape index (κ2) is 9.15. The molecular weight excluding hydrogens is 549 g/mol.